The van der Waals surface area contributed by atoms with E-state index in [0.29, 0.717) is 16.7 Å². The lowest BCUT2D eigenvalue weighted by atomic mass is 10.2. The maximum atomic E-state index is 11.0. The van der Waals surface area contributed by atoms with E-state index in [1.807, 2.05) is 30.3 Å². The molecule has 0 unspecified atom stereocenters. The molecule has 0 aromatic heterocycles. The predicted molar refractivity (Wildman–Crippen MR) is 69.0 cm³/mol. The number of rotatable bonds is 4. The topological polar surface area (TPSA) is 60.2 Å². The normalized spacial score (nSPS) is 10.0. The van der Waals surface area contributed by atoms with E-state index in [-0.39, 0.29) is 5.69 Å². The molecular formula is C13H9NO3S. The smallest absolute Gasteiger partial charge is 0.283 e. The van der Waals surface area contributed by atoms with Crippen LogP contribution in [0.25, 0.3) is 0 Å². The Balaban J connectivity index is 2.38. The first kappa shape index (κ1) is 12.3. The summed E-state index contributed by atoms with van der Waals surface area (Å²) >= 11 is 1.30. The van der Waals surface area contributed by atoms with Gasteiger partial charge in [-0.2, -0.15) is 0 Å². The second-order valence-electron chi connectivity index (χ2n) is 3.52. The zero-order chi connectivity index (χ0) is 13.0. The zero-order valence-electron chi connectivity index (χ0n) is 9.28. The van der Waals surface area contributed by atoms with Crippen molar-refractivity contribution in [1.82, 2.24) is 0 Å². The van der Waals surface area contributed by atoms with Crippen molar-refractivity contribution >= 4 is 23.7 Å². The number of hydrogen-bond donors (Lipinski definition) is 0. The van der Waals surface area contributed by atoms with Crippen molar-refractivity contribution in [3.8, 4) is 0 Å². The van der Waals surface area contributed by atoms with E-state index in [9.17, 15) is 14.9 Å². The van der Waals surface area contributed by atoms with Gasteiger partial charge in [0, 0.05) is 16.5 Å². The Hall–Kier alpha value is -2.14. The second-order valence-corrected chi connectivity index (χ2v) is 4.63. The summed E-state index contributed by atoms with van der Waals surface area (Å²) in [4.78, 5) is 22.5. The maximum absolute atomic E-state index is 11.0. The summed E-state index contributed by atoms with van der Waals surface area (Å²) in [6.45, 7) is 0. The van der Waals surface area contributed by atoms with Gasteiger partial charge in [0.15, 0.2) is 0 Å². The van der Waals surface area contributed by atoms with Gasteiger partial charge in [0.05, 0.1) is 9.82 Å². The lowest BCUT2D eigenvalue weighted by molar-refractivity contribution is -0.387. The monoisotopic (exact) mass is 259 g/mol. The minimum Gasteiger partial charge on any atom is -0.298 e. The highest BCUT2D eigenvalue weighted by molar-refractivity contribution is 7.99. The first-order valence-electron chi connectivity index (χ1n) is 5.17. The van der Waals surface area contributed by atoms with Crippen molar-refractivity contribution < 1.29 is 9.72 Å². The Morgan fingerprint density at radius 2 is 1.83 bits per heavy atom. The standard InChI is InChI=1S/C13H9NO3S/c15-9-10-6-7-13(12(8-10)14(16)17)18-11-4-2-1-3-5-11/h1-9H. The number of benzene rings is 2. The summed E-state index contributed by atoms with van der Waals surface area (Å²) in [7, 11) is 0. The van der Waals surface area contributed by atoms with Gasteiger partial charge in [-0.3, -0.25) is 14.9 Å². The second kappa shape index (κ2) is 5.46. The fraction of sp³-hybridized carbons (Fsp3) is 0. The Kier molecular flexibility index (Phi) is 3.74. The summed E-state index contributed by atoms with van der Waals surface area (Å²) < 4.78 is 0. The summed E-state index contributed by atoms with van der Waals surface area (Å²) in [6.07, 6.45) is 0.601. The predicted octanol–water partition coefficient (Wildman–Crippen LogP) is 3.56. The largest absolute Gasteiger partial charge is 0.298 e. The van der Waals surface area contributed by atoms with Crippen LogP contribution in [0.15, 0.2) is 58.3 Å². The molecule has 18 heavy (non-hydrogen) atoms. The molecule has 90 valence electrons. The third-order valence-corrected chi connectivity index (χ3v) is 3.36. The molecule has 0 fully saturated rings. The van der Waals surface area contributed by atoms with E-state index in [0.717, 1.165) is 4.90 Å². The summed E-state index contributed by atoms with van der Waals surface area (Å²) in [5, 5.41) is 11.0. The third kappa shape index (κ3) is 2.75. The number of nitro benzene ring substituents is 1. The molecule has 0 radical (unpaired) electrons. The quantitative estimate of drug-likeness (QED) is 0.478. The zero-order valence-corrected chi connectivity index (χ0v) is 10.1. The molecule has 0 bridgehead atoms. The SMILES string of the molecule is O=Cc1ccc(Sc2ccccc2)c([N+](=O)[O-])c1. The fourth-order valence-electron chi connectivity index (χ4n) is 1.45. The van der Waals surface area contributed by atoms with Crippen molar-refractivity contribution in [1.29, 1.82) is 0 Å². The molecule has 0 spiro atoms. The van der Waals surface area contributed by atoms with Crippen molar-refractivity contribution in [2.45, 2.75) is 9.79 Å². The molecule has 0 amide bonds. The average Bonchev–Trinajstić information content (AvgIpc) is 2.40. The maximum Gasteiger partial charge on any atom is 0.283 e. The van der Waals surface area contributed by atoms with Gasteiger partial charge in [0.25, 0.3) is 5.69 Å². The molecule has 2 aromatic rings. The van der Waals surface area contributed by atoms with E-state index >= 15 is 0 Å². The first-order chi connectivity index (χ1) is 8.70. The van der Waals surface area contributed by atoms with Crippen LogP contribution < -0.4 is 0 Å². The number of nitrogens with zero attached hydrogens (tertiary/aromatic N) is 1. The molecule has 0 saturated heterocycles. The van der Waals surface area contributed by atoms with Crippen LogP contribution in [0.4, 0.5) is 5.69 Å². The van der Waals surface area contributed by atoms with Gasteiger partial charge < -0.3 is 0 Å². The van der Waals surface area contributed by atoms with E-state index < -0.39 is 4.92 Å². The Labute approximate surface area is 108 Å². The Morgan fingerprint density at radius 1 is 1.11 bits per heavy atom. The van der Waals surface area contributed by atoms with Crippen LogP contribution in [0.2, 0.25) is 0 Å². The van der Waals surface area contributed by atoms with E-state index in [4.69, 9.17) is 0 Å². The summed E-state index contributed by atoms with van der Waals surface area (Å²) in [5.74, 6) is 0. The number of aldehydes is 1. The van der Waals surface area contributed by atoms with E-state index in [1.165, 1.54) is 17.8 Å². The molecule has 0 aliphatic rings. The molecule has 2 aromatic carbocycles. The van der Waals surface area contributed by atoms with Crippen molar-refractivity contribution in [3.05, 3.63) is 64.2 Å². The van der Waals surface area contributed by atoms with Gasteiger partial charge in [-0.15, -0.1) is 0 Å². The summed E-state index contributed by atoms with van der Waals surface area (Å²) in [5.41, 5.74) is 0.257. The van der Waals surface area contributed by atoms with Crippen LogP contribution in [-0.2, 0) is 0 Å². The van der Waals surface area contributed by atoms with Crippen molar-refractivity contribution in [2.24, 2.45) is 0 Å². The molecule has 0 aliphatic heterocycles. The van der Waals surface area contributed by atoms with Gasteiger partial charge in [-0.1, -0.05) is 36.0 Å². The van der Waals surface area contributed by atoms with Crippen LogP contribution in [-0.4, -0.2) is 11.2 Å². The minimum atomic E-state index is -0.474. The highest BCUT2D eigenvalue weighted by atomic mass is 32.2. The molecule has 0 aliphatic carbocycles. The van der Waals surface area contributed by atoms with Gasteiger partial charge in [0.2, 0.25) is 0 Å². The number of nitro groups is 1. The molecule has 0 atom stereocenters. The number of carbonyl (C=O) groups excluding carboxylic acids is 1. The van der Waals surface area contributed by atoms with Gasteiger partial charge in [-0.05, 0) is 18.2 Å². The van der Waals surface area contributed by atoms with Crippen LogP contribution in [0.5, 0.6) is 0 Å². The van der Waals surface area contributed by atoms with Crippen molar-refractivity contribution in [2.75, 3.05) is 0 Å². The third-order valence-electron chi connectivity index (χ3n) is 2.29. The Bertz CT molecular complexity index is 584. The first-order valence-corrected chi connectivity index (χ1v) is 5.99. The van der Waals surface area contributed by atoms with E-state index in [2.05, 4.69) is 0 Å². The van der Waals surface area contributed by atoms with Gasteiger partial charge in [0.1, 0.15) is 6.29 Å². The van der Waals surface area contributed by atoms with Crippen LogP contribution in [0, 0.1) is 10.1 Å². The average molecular weight is 259 g/mol. The highest BCUT2D eigenvalue weighted by Gasteiger charge is 2.15. The van der Waals surface area contributed by atoms with E-state index in [1.54, 1.807) is 12.1 Å². The minimum absolute atomic E-state index is 0.0477. The number of hydrogen-bond acceptors (Lipinski definition) is 4. The van der Waals surface area contributed by atoms with Crippen molar-refractivity contribution in [3.63, 3.8) is 0 Å². The summed E-state index contributed by atoms with van der Waals surface area (Å²) in [6, 6.07) is 13.8. The molecule has 0 N–H and O–H groups in total. The van der Waals surface area contributed by atoms with Crippen LogP contribution in [0.3, 0.4) is 0 Å². The number of carbonyl (C=O) groups is 1. The lowest BCUT2D eigenvalue weighted by Gasteiger charge is -2.03. The molecule has 2 rings (SSSR count). The van der Waals surface area contributed by atoms with Gasteiger partial charge >= 0.3 is 0 Å². The van der Waals surface area contributed by atoms with Gasteiger partial charge in [-0.25, -0.2) is 0 Å². The molecule has 0 saturated carbocycles. The fourth-order valence-corrected chi connectivity index (χ4v) is 2.37. The molecular weight excluding hydrogens is 250 g/mol. The van der Waals surface area contributed by atoms with Crippen LogP contribution in [0.1, 0.15) is 10.4 Å². The molecule has 5 heteroatoms. The highest BCUT2D eigenvalue weighted by Crippen LogP contribution is 2.34. The molecule has 4 nitrogen and oxygen atoms in total. The lowest BCUT2D eigenvalue weighted by Crippen LogP contribution is -1.92. The molecule has 0 heterocycles. The Morgan fingerprint density at radius 3 is 2.44 bits per heavy atom. The van der Waals surface area contributed by atoms with Crippen LogP contribution >= 0.6 is 11.8 Å².